The molecule has 1 aliphatic carbocycles. The van der Waals surface area contributed by atoms with Gasteiger partial charge in [-0.3, -0.25) is 0 Å². The van der Waals surface area contributed by atoms with Crippen LogP contribution in [0.1, 0.15) is 59.8 Å². The SMILES string of the molecule is CCC(C)(C)C1CCC(NCC(C)COC)CC1. The summed E-state index contributed by atoms with van der Waals surface area (Å²) in [5, 5.41) is 3.72. The third-order valence-electron chi connectivity index (χ3n) is 4.95. The molecule has 0 aromatic heterocycles. The number of hydrogen-bond donors (Lipinski definition) is 1. The third-order valence-corrected chi connectivity index (χ3v) is 4.95. The predicted octanol–water partition coefficient (Wildman–Crippen LogP) is 3.85. The summed E-state index contributed by atoms with van der Waals surface area (Å²) in [6, 6.07) is 0.744. The van der Waals surface area contributed by atoms with Gasteiger partial charge in [-0.25, -0.2) is 0 Å². The lowest BCUT2D eigenvalue weighted by Crippen LogP contribution is -2.39. The van der Waals surface area contributed by atoms with E-state index in [1.807, 2.05) is 0 Å². The Labute approximate surface area is 114 Å². The molecule has 2 nitrogen and oxygen atoms in total. The zero-order chi connectivity index (χ0) is 13.6. The summed E-state index contributed by atoms with van der Waals surface area (Å²) < 4.78 is 5.18. The van der Waals surface area contributed by atoms with Gasteiger partial charge in [-0.2, -0.15) is 0 Å². The van der Waals surface area contributed by atoms with E-state index in [0.29, 0.717) is 11.3 Å². The van der Waals surface area contributed by atoms with Crippen molar-refractivity contribution in [2.45, 2.75) is 65.8 Å². The molecule has 0 aromatic rings. The van der Waals surface area contributed by atoms with Crippen LogP contribution in [0.25, 0.3) is 0 Å². The lowest BCUT2D eigenvalue weighted by atomic mass is 9.69. The Morgan fingerprint density at radius 3 is 2.33 bits per heavy atom. The highest BCUT2D eigenvalue weighted by Gasteiger charge is 2.31. The number of methoxy groups -OCH3 is 1. The van der Waals surface area contributed by atoms with Crippen molar-refractivity contribution in [1.82, 2.24) is 5.32 Å². The van der Waals surface area contributed by atoms with E-state index in [2.05, 4.69) is 33.0 Å². The van der Waals surface area contributed by atoms with E-state index < -0.39 is 0 Å². The van der Waals surface area contributed by atoms with E-state index >= 15 is 0 Å². The molecule has 1 saturated carbocycles. The lowest BCUT2D eigenvalue weighted by molar-refractivity contribution is 0.129. The van der Waals surface area contributed by atoms with E-state index in [0.717, 1.165) is 25.1 Å². The Morgan fingerprint density at radius 2 is 1.83 bits per heavy atom. The van der Waals surface area contributed by atoms with Crippen LogP contribution in [0.4, 0.5) is 0 Å². The molecular formula is C16H33NO. The Hall–Kier alpha value is -0.0800. The fourth-order valence-corrected chi connectivity index (χ4v) is 3.08. The summed E-state index contributed by atoms with van der Waals surface area (Å²) in [4.78, 5) is 0. The van der Waals surface area contributed by atoms with Crippen LogP contribution in [0.15, 0.2) is 0 Å². The van der Waals surface area contributed by atoms with E-state index in [4.69, 9.17) is 4.74 Å². The van der Waals surface area contributed by atoms with E-state index in [-0.39, 0.29) is 0 Å². The number of rotatable bonds is 7. The molecule has 1 N–H and O–H groups in total. The molecule has 0 amide bonds. The minimum Gasteiger partial charge on any atom is -0.384 e. The Kier molecular flexibility index (Phi) is 6.65. The van der Waals surface area contributed by atoms with Gasteiger partial charge < -0.3 is 10.1 Å². The topological polar surface area (TPSA) is 21.3 Å². The van der Waals surface area contributed by atoms with Gasteiger partial charge in [0.2, 0.25) is 0 Å². The summed E-state index contributed by atoms with van der Waals surface area (Å²) in [7, 11) is 1.79. The first-order valence-electron chi connectivity index (χ1n) is 7.72. The highest BCUT2D eigenvalue weighted by atomic mass is 16.5. The van der Waals surface area contributed by atoms with Gasteiger partial charge in [0.05, 0.1) is 0 Å². The molecular weight excluding hydrogens is 222 g/mol. The van der Waals surface area contributed by atoms with Crippen molar-refractivity contribution in [3.8, 4) is 0 Å². The first-order valence-corrected chi connectivity index (χ1v) is 7.72. The maximum Gasteiger partial charge on any atom is 0.0499 e. The predicted molar refractivity (Wildman–Crippen MR) is 78.9 cm³/mol. The zero-order valence-electron chi connectivity index (χ0n) is 13.1. The van der Waals surface area contributed by atoms with Crippen LogP contribution in [0.3, 0.4) is 0 Å². The molecule has 108 valence electrons. The van der Waals surface area contributed by atoms with Crippen LogP contribution < -0.4 is 5.32 Å². The van der Waals surface area contributed by atoms with Crippen LogP contribution in [0.5, 0.6) is 0 Å². The molecule has 1 atom stereocenters. The standard InChI is InChI=1S/C16H33NO/c1-6-16(3,4)14-7-9-15(10-8-14)17-11-13(2)12-18-5/h13-15,17H,6-12H2,1-5H3. The highest BCUT2D eigenvalue weighted by molar-refractivity contribution is 4.85. The van der Waals surface area contributed by atoms with Gasteiger partial charge in [0, 0.05) is 26.3 Å². The van der Waals surface area contributed by atoms with Gasteiger partial charge in [-0.05, 0) is 42.9 Å². The summed E-state index contributed by atoms with van der Waals surface area (Å²) in [6.07, 6.45) is 6.82. The van der Waals surface area contributed by atoms with E-state index in [9.17, 15) is 0 Å². The van der Waals surface area contributed by atoms with Crippen molar-refractivity contribution in [2.75, 3.05) is 20.3 Å². The van der Waals surface area contributed by atoms with Crippen molar-refractivity contribution < 1.29 is 4.74 Å². The highest BCUT2D eigenvalue weighted by Crippen LogP contribution is 2.40. The second-order valence-electron chi connectivity index (χ2n) is 6.86. The van der Waals surface area contributed by atoms with Crippen molar-refractivity contribution in [1.29, 1.82) is 0 Å². The largest absolute Gasteiger partial charge is 0.384 e. The average Bonchev–Trinajstić information content (AvgIpc) is 2.37. The fraction of sp³-hybridized carbons (Fsp3) is 1.00. The molecule has 0 saturated heterocycles. The summed E-state index contributed by atoms with van der Waals surface area (Å²) in [5.74, 6) is 1.55. The van der Waals surface area contributed by atoms with Crippen LogP contribution in [-0.4, -0.2) is 26.3 Å². The summed E-state index contributed by atoms with van der Waals surface area (Å²) in [6.45, 7) is 11.4. The smallest absolute Gasteiger partial charge is 0.0499 e. The van der Waals surface area contributed by atoms with Gasteiger partial charge in [0.25, 0.3) is 0 Å². The molecule has 0 aromatic carbocycles. The zero-order valence-corrected chi connectivity index (χ0v) is 13.1. The lowest BCUT2D eigenvalue weighted by Gasteiger charge is -2.39. The molecule has 18 heavy (non-hydrogen) atoms. The first-order chi connectivity index (χ1) is 8.49. The van der Waals surface area contributed by atoms with Crippen molar-refractivity contribution in [2.24, 2.45) is 17.3 Å². The van der Waals surface area contributed by atoms with Crippen LogP contribution >= 0.6 is 0 Å². The molecule has 1 rings (SSSR count). The maximum atomic E-state index is 5.18. The van der Waals surface area contributed by atoms with Gasteiger partial charge in [-0.15, -0.1) is 0 Å². The average molecular weight is 255 g/mol. The molecule has 0 spiro atoms. The monoisotopic (exact) mass is 255 g/mol. The molecule has 1 aliphatic rings. The van der Waals surface area contributed by atoms with Crippen molar-refractivity contribution >= 4 is 0 Å². The van der Waals surface area contributed by atoms with Gasteiger partial charge in [0.1, 0.15) is 0 Å². The minimum atomic E-state index is 0.536. The van der Waals surface area contributed by atoms with Crippen LogP contribution in [-0.2, 0) is 4.74 Å². The van der Waals surface area contributed by atoms with Gasteiger partial charge in [0.15, 0.2) is 0 Å². The minimum absolute atomic E-state index is 0.536. The maximum absolute atomic E-state index is 5.18. The second kappa shape index (κ2) is 7.49. The summed E-state index contributed by atoms with van der Waals surface area (Å²) in [5.41, 5.74) is 0.536. The molecule has 0 bridgehead atoms. The van der Waals surface area contributed by atoms with Crippen molar-refractivity contribution in [3.63, 3.8) is 0 Å². The van der Waals surface area contributed by atoms with Gasteiger partial charge in [-0.1, -0.05) is 34.1 Å². The second-order valence-corrected chi connectivity index (χ2v) is 6.86. The molecule has 0 aliphatic heterocycles. The van der Waals surface area contributed by atoms with Crippen molar-refractivity contribution in [3.05, 3.63) is 0 Å². The number of ether oxygens (including phenoxy) is 1. The van der Waals surface area contributed by atoms with E-state index in [1.54, 1.807) is 7.11 Å². The Balaban J connectivity index is 2.23. The molecule has 0 heterocycles. The molecule has 1 fully saturated rings. The Morgan fingerprint density at radius 1 is 1.22 bits per heavy atom. The fourth-order valence-electron chi connectivity index (χ4n) is 3.08. The Bertz CT molecular complexity index is 219. The quantitative estimate of drug-likeness (QED) is 0.746. The van der Waals surface area contributed by atoms with Crippen LogP contribution in [0, 0.1) is 17.3 Å². The first kappa shape index (κ1) is 16.0. The third kappa shape index (κ3) is 4.89. The molecule has 2 heteroatoms. The molecule has 0 radical (unpaired) electrons. The van der Waals surface area contributed by atoms with Crippen LogP contribution in [0.2, 0.25) is 0 Å². The van der Waals surface area contributed by atoms with E-state index in [1.165, 1.54) is 32.1 Å². The normalized spacial score (nSPS) is 27.2. The number of hydrogen-bond acceptors (Lipinski definition) is 2. The molecule has 1 unspecified atom stereocenters. The summed E-state index contributed by atoms with van der Waals surface area (Å²) >= 11 is 0. The number of nitrogens with one attached hydrogen (secondary N) is 1. The van der Waals surface area contributed by atoms with Gasteiger partial charge >= 0.3 is 0 Å².